The lowest BCUT2D eigenvalue weighted by atomic mass is 10.1. The number of hydrogen-bond acceptors (Lipinski definition) is 4. The molecule has 0 spiro atoms. The molecule has 1 aromatic heterocycles. The van der Waals surface area contributed by atoms with E-state index in [0.29, 0.717) is 12.1 Å². The van der Waals surface area contributed by atoms with Crippen LogP contribution in [0.3, 0.4) is 0 Å². The summed E-state index contributed by atoms with van der Waals surface area (Å²) in [7, 11) is 0. The third kappa shape index (κ3) is 4.46. The van der Waals surface area contributed by atoms with Gasteiger partial charge < -0.3 is 9.73 Å². The number of amides is 1. The molecule has 1 heterocycles. The molecule has 0 bridgehead atoms. The largest absolute Gasteiger partial charge is 0.459 e. The maximum Gasteiger partial charge on any atom is 0.288 e. The molecule has 132 valence electrons. The van der Waals surface area contributed by atoms with Crippen molar-refractivity contribution in [3.05, 3.63) is 95.4 Å². The minimum atomic E-state index is -0.865. The second-order valence-electron chi connectivity index (χ2n) is 5.98. The van der Waals surface area contributed by atoms with E-state index in [0.717, 1.165) is 11.1 Å². The van der Waals surface area contributed by atoms with E-state index >= 15 is 0 Å². The molecule has 3 rings (SSSR count). The van der Waals surface area contributed by atoms with E-state index in [1.165, 1.54) is 6.26 Å². The zero-order valence-corrected chi connectivity index (χ0v) is 14.4. The molecule has 0 saturated heterocycles. The summed E-state index contributed by atoms with van der Waals surface area (Å²) in [5, 5.41) is 5.83. The number of aryl methyl sites for hydroxylation is 1. The fraction of sp³-hybridized carbons (Fsp3) is 0.143. The Labute approximate surface area is 152 Å². The van der Waals surface area contributed by atoms with Gasteiger partial charge in [-0.1, -0.05) is 60.2 Å². The number of nitrogens with one attached hydrogen (secondary N) is 2. The van der Waals surface area contributed by atoms with Crippen LogP contribution in [0.25, 0.3) is 0 Å². The summed E-state index contributed by atoms with van der Waals surface area (Å²) in [6, 6.07) is 20.1. The van der Waals surface area contributed by atoms with E-state index in [2.05, 4.69) is 10.6 Å². The third-order valence-electron chi connectivity index (χ3n) is 3.97. The normalized spacial score (nSPS) is 11.7. The monoisotopic (exact) mass is 348 g/mol. The first-order valence-electron chi connectivity index (χ1n) is 8.36. The van der Waals surface area contributed by atoms with Crippen LogP contribution in [0, 0.1) is 6.92 Å². The van der Waals surface area contributed by atoms with Gasteiger partial charge >= 0.3 is 0 Å². The number of carbonyl (C=O) groups is 2. The van der Waals surface area contributed by atoms with Gasteiger partial charge in [-0.3, -0.25) is 14.9 Å². The predicted molar refractivity (Wildman–Crippen MR) is 98.8 cm³/mol. The lowest BCUT2D eigenvalue weighted by Crippen LogP contribution is -2.50. The van der Waals surface area contributed by atoms with Crippen LogP contribution in [-0.2, 0) is 6.54 Å². The minimum Gasteiger partial charge on any atom is -0.459 e. The second kappa shape index (κ2) is 8.27. The Morgan fingerprint density at radius 1 is 0.962 bits per heavy atom. The molecule has 1 atom stereocenters. The summed E-state index contributed by atoms with van der Waals surface area (Å²) >= 11 is 0. The van der Waals surface area contributed by atoms with E-state index in [-0.39, 0.29) is 11.5 Å². The molecule has 1 amide bonds. The van der Waals surface area contributed by atoms with Gasteiger partial charge in [0, 0.05) is 12.1 Å². The average Bonchev–Trinajstić information content (AvgIpc) is 3.21. The van der Waals surface area contributed by atoms with Gasteiger partial charge in [-0.2, -0.15) is 0 Å². The van der Waals surface area contributed by atoms with Gasteiger partial charge in [-0.05, 0) is 24.6 Å². The van der Waals surface area contributed by atoms with Crippen molar-refractivity contribution in [2.45, 2.75) is 19.6 Å². The lowest BCUT2D eigenvalue weighted by molar-refractivity contribution is 0.0821. The van der Waals surface area contributed by atoms with Gasteiger partial charge in [0.05, 0.1) is 6.26 Å². The quantitative estimate of drug-likeness (QED) is 0.508. The Morgan fingerprint density at radius 2 is 1.69 bits per heavy atom. The van der Waals surface area contributed by atoms with Gasteiger partial charge in [0.25, 0.3) is 5.91 Å². The van der Waals surface area contributed by atoms with Gasteiger partial charge in [0.15, 0.2) is 11.5 Å². The van der Waals surface area contributed by atoms with E-state index in [4.69, 9.17) is 4.42 Å². The van der Waals surface area contributed by atoms with Crippen LogP contribution < -0.4 is 10.6 Å². The highest BCUT2D eigenvalue weighted by Gasteiger charge is 2.23. The fourth-order valence-corrected chi connectivity index (χ4v) is 2.52. The zero-order valence-electron chi connectivity index (χ0n) is 14.4. The van der Waals surface area contributed by atoms with E-state index in [1.54, 1.807) is 24.3 Å². The molecule has 0 aliphatic carbocycles. The highest BCUT2D eigenvalue weighted by molar-refractivity contribution is 6.03. The van der Waals surface area contributed by atoms with E-state index in [9.17, 15) is 9.59 Å². The molecule has 0 fully saturated rings. The third-order valence-corrected chi connectivity index (χ3v) is 3.97. The standard InChI is InChI=1S/C21H20N2O3/c1-15-9-11-17(12-10-15)19(24)20(22-14-16-6-3-2-4-7-16)23-21(25)18-8-5-13-26-18/h2-13,20,22H,14H2,1H3,(H,23,25)/t20-/m1/s1. The average molecular weight is 348 g/mol. The van der Waals surface area contributed by atoms with Crippen molar-refractivity contribution in [3.63, 3.8) is 0 Å². The summed E-state index contributed by atoms with van der Waals surface area (Å²) in [5.41, 5.74) is 2.61. The first-order chi connectivity index (χ1) is 12.6. The summed E-state index contributed by atoms with van der Waals surface area (Å²) < 4.78 is 5.11. The summed E-state index contributed by atoms with van der Waals surface area (Å²) in [5.74, 6) is -0.491. The molecule has 2 N–H and O–H groups in total. The molecule has 0 aliphatic rings. The van der Waals surface area contributed by atoms with Crippen molar-refractivity contribution >= 4 is 11.7 Å². The van der Waals surface area contributed by atoms with Crippen molar-refractivity contribution in [2.24, 2.45) is 0 Å². The lowest BCUT2D eigenvalue weighted by Gasteiger charge is -2.19. The predicted octanol–water partition coefficient (Wildman–Crippen LogP) is 3.32. The molecular weight excluding hydrogens is 328 g/mol. The van der Waals surface area contributed by atoms with Crippen LogP contribution in [0.5, 0.6) is 0 Å². The molecule has 2 aromatic carbocycles. The van der Waals surface area contributed by atoms with Crippen LogP contribution in [0.4, 0.5) is 0 Å². The zero-order chi connectivity index (χ0) is 18.4. The first kappa shape index (κ1) is 17.6. The summed E-state index contributed by atoms with van der Waals surface area (Å²) in [4.78, 5) is 25.2. The van der Waals surface area contributed by atoms with Crippen molar-refractivity contribution in [1.82, 2.24) is 10.6 Å². The van der Waals surface area contributed by atoms with Crippen LogP contribution in [0.15, 0.2) is 77.4 Å². The molecule has 0 saturated carbocycles. The van der Waals surface area contributed by atoms with Gasteiger partial charge in [0.1, 0.15) is 6.17 Å². The molecule has 0 aliphatic heterocycles. The SMILES string of the molecule is Cc1ccc(C(=O)[C@H](NCc2ccccc2)NC(=O)c2ccco2)cc1. The number of rotatable bonds is 7. The van der Waals surface area contributed by atoms with Crippen molar-refractivity contribution in [3.8, 4) is 0 Å². The van der Waals surface area contributed by atoms with Crippen molar-refractivity contribution < 1.29 is 14.0 Å². The van der Waals surface area contributed by atoms with Crippen LogP contribution in [0.1, 0.15) is 32.0 Å². The highest BCUT2D eigenvalue weighted by Crippen LogP contribution is 2.08. The molecule has 5 heteroatoms. The second-order valence-corrected chi connectivity index (χ2v) is 5.98. The topological polar surface area (TPSA) is 71.3 Å². The first-order valence-corrected chi connectivity index (χ1v) is 8.36. The van der Waals surface area contributed by atoms with E-state index < -0.39 is 12.1 Å². The molecule has 3 aromatic rings. The number of hydrogen-bond donors (Lipinski definition) is 2. The van der Waals surface area contributed by atoms with Crippen LogP contribution in [0.2, 0.25) is 0 Å². The molecule has 0 radical (unpaired) electrons. The van der Waals surface area contributed by atoms with Crippen LogP contribution >= 0.6 is 0 Å². The number of furan rings is 1. The smallest absolute Gasteiger partial charge is 0.288 e. The molecular formula is C21H20N2O3. The van der Waals surface area contributed by atoms with Gasteiger partial charge in [0.2, 0.25) is 0 Å². The number of carbonyl (C=O) groups excluding carboxylic acids is 2. The number of Topliss-reactive ketones (excluding diaryl/α,β-unsaturated/α-hetero) is 1. The van der Waals surface area contributed by atoms with E-state index in [1.807, 2.05) is 49.4 Å². The fourth-order valence-electron chi connectivity index (χ4n) is 2.52. The highest BCUT2D eigenvalue weighted by atomic mass is 16.3. The molecule has 5 nitrogen and oxygen atoms in total. The Hall–Kier alpha value is -3.18. The molecule has 26 heavy (non-hydrogen) atoms. The minimum absolute atomic E-state index is 0.160. The number of ketones is 1. The van der Waals surface area contributed by atoms with Gasteiger partial charge in [-0.15, -0.1) is 0 Å². The Bertz CT molecular complexity index is 856. The number of benzene rings is 2. The maximum absolute atomic E-state index is 12.9. The summed E-state index contributed by atoms with van der Waals surface area (Å²) in [6.45, 7) is 2.40. The summed E-state index contributed by atoms with van der Waals surface area (Å²) in [6.07, 6.45) is 0.554. The Morgan fingerprint density at radius 3 is 2.35 bits per heavy atom. The Balaban J connectivity index is 1.76. The van der Waals surface area contributed by atoms with Crippen molar-refractivity contribution in [2.75, 3.05) is 0 Å². The van der Waals surface area contributed by atoms with Crippen molar-refractivity contribution in [1.29, 1.82) is 0 Å². The Kier molecular flexibility index (Phi) is 5.61. The van der Waals surface area contributed by atoms with Gasteiger partial charge in [-0.25, -0.2) is 0 Å². The molecule has 0 unspecified atom stereocenters. The van der Waals surface area contributed by atoms with Crippen LogP contribution in [-0.4, -0.2) is 17.9 Å². The maximum atomic E-state index is 12.9.